The molecule has 1 aromatic carbocycles. The van der Waals surface area contributed by atoms with Crippen molar-refractivity contribution in [3.8, 4) is 5.75 Å². The molecule has 1 aromatic rings. The fraction of sp³-hybridized carbons (Fsp3) is 0.600. The first-order chi connectivity index (χ1) is 9.81. The van der Waals surface area contributed by atoms with Crippen LogP contribution in [-0.2, 0) is 0 Å². The molecule has 0 aromatic heterocycles. The summed E-state index contributed by atoms with van der Waals surface area (Å²) in [7, 11) is 0. The van der Waals surface area contributed by atoms with Crippen LogP contribution in [0.15, 0.2) is 24.3 Å². The highest BCUT2D eigenvalue weighted by molar-refractivity contribution is 6.18. The lowest BCUT2D eigenvalue weighted by Gasteiger charge is -2.23. The average molecular weight is 319 g/mol. The quantitative estimate of drug-likeness (QED) is 0.501. The third-order valence-electron chi connectivity index (χ3n) is 3.03. The van der Waals surface area contributed by atoms with Gasteiger partial charge in [0.25, 0.3) is 0 Å². The molecule has 0 aliphatic heterocycles. The number of nitrogens with two attached hydrogens (primary N) is 1. The van der Waals surface area contributed by atoms with E-state index in [0.29, 0.717) is 11.8 Å². The van der Waals surface area contributed by atoms with Gasteiger partial charge in [-0.1, -0.05) is 0 Å². The summed E-state index contributed by atoms with van der Waals surface area (Å²) >= 11 is 11.6. The molecule has 0 bridgehead atoms. The van der Waals surface area contributed by atoms with Crippen LogP contribution >= 0.6 is 23.2 Å². The first kappa shape index (κ1) is 17.4. The van der Waals surface area contributed by atoms with Gasteiger partial charge >= 0.3 is 0 Å². The maximum Gasteiger partial charge on any atom is 0.119 e. The lowest BCUT2D eigenvalue weighted by Crippen LogP contribution is -2.27. The van der Waals surface area contributed by atoms with Crippen LogP contribution in [0.2, 0.25) is 0 Å². The van der Waals surface area contributed by atoms with Gasteiger partial charge in [-0.05, 0) is 50.1 Å². The van der Waals surface area contributed by atoms with Crippen molar-refractivity contribution < 1.29 is 4.74 Å². The molecule has 114 valence electrons. The monoisotopic (exact) mass is 318 g/mol. The molecule has 0 amide bonds. The third kappa shape index (κ3) is 6.69. The van der Waals surface area contributed by atoms with Crippen LogP contribution in [0.4, 0.5) is 5.69 Å². The van der Waals surface area contributed by atoms with E-state index in [1.807, 2.05) is 24.3 Å². The Morgan fingerprint density at radius 1 is 0.950 bits per heavy atom. The Morgan fingerprint density at radius 2 is 1.60 bits per heavy atom. The Hall–Kier alpha value is -0.640. The topological polar surface area (TPSA) is 38.5 Å². The second kappa shape index (κ2) is 11.1. The molecule has 0 saturated heterocycles. The number of halogens is 2. The van der Waals surface area contributed by atoms with Crippen molar-refractivity contribution in [2.75, 3.05) is 42.9 Å². The van der Waals surface area contributed by atoms with Crippen LogP contribution in [0.5, 0.6) is 5.75 Å². The zero-order chi connectivity index (χ0) is 14.6. The summed E-state index contributed by atoms with van der Waals surface area (Å²) in [5.74, 6) is 2.09. The van der Waals surface area contributed by atoms with Crippen molar-refractivity contribution in [1.82, 2.24) is 0 Å². The summed E-state index contributed by atoms with van der Waals surface area (Å²) in [4.78, 5) is 2.17. The fourth-order valence-corrected chi connectivity index (χ4v) is 2.35. The molecule has 1 rings (SSSR count). The zero-order valence-electron chi connectivity index (χ0n) is 11.9. The molecule has 0 spiro atoms. The van der Waals surface area contributed by atoms with E-state index >= 15 is 0 Å². The first-order valence-corrected chi connectivity index (χ1v) is 8.18. The van der Waals surface area contributed by atoms with Gasteiger partial charge < -0.3 is 15.4 Å². The second-order valence-corrected chi connectivity index (χ2v) is 5.31. The standard InChI is InChI=1S/C15H24Cl2N2O/c16-8-11-19(12-9-17)14-4-6-15(7-5-14)20-13-3-1-2-10-18/h4-7H,1-3,8-13,18H2. The largest absolute Gasteiger partial charge is 0.494 e. The lowest BCUT2D eigenvalue weighted by atomic mass is 10.2. The summed E-state index contributed by atoms with van der Waals surface area (Å²) in [5.41, 5.74) is 6.58. The van der Waals surface area contributed by atoms with Crippen molar-refractivity contribution in [3.05, 3.63) is 24.3 Å². The Kier molecular flexibility index (Phi) is 9.63. The van der Waals surface area contributed by atoms with E-state index in [1.165, 1.54) is 0 Å². The van der Waals surface area contributed by atoms with Gasteiger partial charge in [-0.3, -0.25) is 0 Å². The van der Waals surface area contributed by atoms with Crippen molar-refractivity contribution in [3.63, 3.8) is 0 Å². The fourth-order valence-electron chi connectivity index (χ4n) is 1.94. The molecular formula is C15H24Cl2N2O. The van der Waals surface area contributed by atoms with Gasteiger partial charge in [0.2, 0.25) is 0 Å². The number of anilines is 1. The number of hydrogen-bond acceptors (Lipinski definition) is 3. The normalized spacial score (nSPS) is 10.6. The van der Waals surface area contributed by atoms with Gasteiger partial charge in [-0.25, -0.2) is 0 Å². The van der Waals surface area contributed by atoms with E-state index in [1.54, 1.807) is 0 Å². The van der Waals surface area contributed by atoms with E-state index in [0.717, 1.165) is 56.9 Å². The smallest absolute Gasteiger partial charge is 0.119 e. The van der Waals surface area contributed by atoms with Crippen LogP contribution < -0.4 is 15.4 Å². The molecule has 3 nitrogen and oxygen atoms in total. The van der Waals surface area contributed by atoms with E-state index in [4.69, 9.17) is 33.7 Å². The molecule has 0 saturated carbocycles. The first-order valence-electron chi connectivity index (χ1n) is 7.11. The van der Waals surface area contributed by atoms with Gasteiger partial charge in [-0.15, -0.1) is 23.2 Å². The molecule has 0 heterocycles. The van der Waals surface area contributed by atoms with Gasteiger partial charge in [0.1, 0.15) is 5.75 Å². The van der Waals surface area contributed by atoms with Crippen LogP contribution in [0.1, 0.15) is 19.3 Å². The van der Waals surface area contributed by atoms with E-state index < -0.39 is 0 Å². The van der Waals surface area contributed by atoms with Crippen molar-refractivity contribution in [2.24, 2.45) is 5.73 Å². The third-order valence-corrected chi connectivity index (χ3v) is 3.37. The number of ether oxygens (including phenoxy) is 1. The Bertz CT molecular complexity index is 340. The Morgan fingerprint density at radius 3 is 2.15 bits per heavy atom. The molecule has 5 heteroatoms. The molecule has 0 fully saturated rings. The number of alkyl halides is 2. The Balaban J connectivity index is 2.41. The Labute approximate surface area is 132 Å². The highest BCUT2D eigenvalue weighted by Gasteiger charge is 2.05. The molecule has 2 N–H and O–H groups in total. The number of unbranched alkanes of at least 4 members (excludes halogenated alkanes) is 2. The zero-order valence-corrected chi connectivity index (χ0v) is 13.4. The molecule has 0 radical (unpaired) electrons. The molecule has 0 unspecified atom stereocenters. The molecule has 0 aliphatic rings. The van der Waals surface area contributed by atoms with E-state index in [2.05, 4.69) is 4.90 Å². The molecule has 0 aliphatic carbocycles. The number of hydrogen-bond donors (Lipinski definition) is 1. The summed E-state index contributed by atoms with van der Waals surface area (Å²) in [6.45, 7) is 3.10. The van der Waals surface area contributed by atoms with Gasteiger partial charge in [0.05, 0.1) is 6.61 Å². The average Bonchev–Trinajstić information content (AvgIpc) is 2.47. The minimum atomic E-state index is 0.594. The van der Waals surface area contributed by atoms with Crippen LogP contribution in [0.25, 0.3) is 0 Å². The predicted molar refractivity (Wildman–Crippen MR) is 88.5 cm³/mol. The summed E-state index contributed by atoms with van der Waals surface area (Å²) < 4.78 is 5.70. The molecular weight excluding hydrogens is 295 g/mol. The van der Waals surface area contributed by atoms with Gasteiger partial charge in [0.15, 0.2) is 0 Å². The molecule has 20 heavy (non-hydrogen) atoms. The minimum Gasteiger partial charge on any atom is -0.494 e. The number of benzene rings is 1. The highest BCUT2D eigenvalue weighted by Crippen LogP contribution is 2.20. The summed E-state index contributed by atoms with van der Waals surface area (Å²) in [5, 5.41) is 0. The second-order valence-electron chi connectivity index (χ2n) is 4.56. The number of nitrogens with zero attached hydrogens (tertiary/aromatic N) is 1. The maximum atomic E-state index is 5.80. The van der Waals surface area contributed by atoms with Crippen LogP contribution in [0, 0.1) is 0 Å². The van der Waals surface area contributed by atoms with Gasteiger partial charge in [0, 0.05) is 30.5 Å². The molecule has 0 atom stereocenters. The van der Waals surface area contributed by atoms with E-state index in [9.17, 15) is 0 Å². The minimum absolute atomic E-state index is 0.594. The SMILES string of the molecule is NCCCCCOc1ccc(N(CCCl)CCCl)cc1. The highest BCUT2D eigenvalue weighted by atomic mass is 35.5. The van der Waals surface area contributed by atoms with Crippen molar-refractivity contribution in [1.29, 1.82) is 0 Å². The summed E-state index contributed by atoms with van der Waals surface area (Å²) in [6.07, 6.45) is 3.23. The number of rotatable bonds is 11. The summed E-state index contributed by atoms with van der Waals surface area (Å²) in [6, 6.07) is 8.09. The van der Waals surface area contributed by atoms with Crippen molar-refractivity contribution >= 4 is 28.9 Å². The van der Waals surface area contributed by atoms with Crippen molar-refractivity contribution in [2.45, 2.75) is 19.3 Å². The van der Waals surface area contributed by atoms with Crippen LogP contribution in [-0.4, -0.2) is 38.0 Å². The van der Waals surface area contributed by atoms with E-state index in [-0.39, 0.29) is 0 Å². The maximum absolute atomic E-state index is 5.80. The lowest BCUT2D eigenvalue weighted by molar-refractivity contribution is 0.305. The predicted octanol–water partition coefficient (Wildman–Crippen LogP) is 3.48. The van der Waals surface area contributed by atoms with Gasteiger partial charge in [-0.2, -0.15) is 0 Å². The van der Waals surface area contributed by atoms with Crippen LogP contribution in [0.3, 0.4) is 0 Å².